The Morgan fingerprint density at radius 3 is 2.26 bits per heavy atom. The first kappa shape index (κ1) is 16.5. The third-order valence-electron chi connectivity index (χ3n) is 4.16. The molecule has 1 aliphatic carbocycles. The molecule has 1 unspecified atom stereocenters. The predicted molar refractivity (Wildman–Crippen MR) is 84.3 cm³/mol. The van der Waals surface area contributed by atoms with Gasteiger partial charge in [0, 0.05) is 6.42 Å². The topological polar surface area (TPSA) is 20.2 Å². The van der Waals surface area contributed by atoms with Crippen LogP contribution in [0.15, 0.2) is 23.3 Å². The average molecular weight is 264 g/mol. The summed E-state index contributed by atoms with van der Waals surface area (Å²) in [5.41, 5.74) is 2.47. The summed E-state index contributed by atoms with van der Waals surface area (Å²) in [4.78, 5) is 0. The fraction of sp³-hybridized carbons (Fsp3) is 0.778. The van der Waals surface area contributed by atoms with E-state index in [1.807, 2.05) is 0 Å². The lowest BCUT2D eigenvalue weighted by atomic mass is 9.80. The Morgan fingerprint density at radius 2 is 1.63 bits per heavy atom. The molecule has 0 saturated carbocycles. The van der Waals surface area contributed by atoms with Gasteiger partial charge in [-0.1, -0.05) is 64.2 Å². The SMILES string of the molecule is CCCCC1=C(CCCC)CC(O)(CCCC)C=C1. The van der Waals surface area contributed by atoms with Crippen LogP contribution in [-0.2, 0) is 0 Å². The molecule has 110 valence electrons. The Hall–Kier alpha value is -0.560. The minimum atomic E-state index is -0.561. The maximum absolute atomic E-state index is 10.7. The van der Waals surface area contributed by atoms with Crippen LogP contribution in [-0.4, -0.2) is 10.7 Å². The van der Waals surface area contributed by atoms with E-state index in [-0.39, 0.29) is 0 Å². The molecule has 0 aromatic carbocycles. The summed E-state index contributed by atoms with van der Waals surface area (Å²) in [5, 5.41) is 10.7. The van der Waals surface area contributed by atoms with E-state index in [1.165, 1.54) is 49.7 Å². The van der Waals surface area contributed by atoms with Crippen molar-refractivity contribution in [3.63, 3.8) is 0 Å². The first-order valence-corrected chi connectivity index (χ1v) is 8.27. The molecule has 1 rings (SSSR count). The largest absolute Gasteiger partial charge is 0.385 e. The van der Waals surface area contributed by atoms with E-state index < -0.39 is 5.60 Å². The molecule has 0 heterocycles. The fourth-order valence-electron chi connectivity index (χ4n) is 2.84. The zero-order chi connectivity index (χ0) is 14.1. The minimum absolute atomic E-state index is 0.561. The van der Waals surface area contributed by atoms with Gasteiger partial charge in [0.2, 0.25) is 0 Å². The average Bonchev–Trinajstić information content (AvgIpc) is 2.42. The van der Waals surface area contributed by atoms with Crippen molar-refractivity contribution < 1.29 is 5.11 Å². The number of unbranched alkanes of at least 4 members (excludes halogenated alkanes) is 3. The summed E-state index contributed by atoms with van der Waals surface area (Å²) in [7, 11) is 0. The van der Waals surface area contributed by atoms with Gasteiger partial charge in [0.05, 0.1) is 5.60 Å². The zero-order valence-electron chi connectivity index (χ0n) is 13.2. The molecule has 0 amide bonds. The molecule has 1 atom stereocenters. The highest BCUT2D eigenvalue weighted by atomic mass is 16.3. The van der Waals surface area contributed by atoms with Crippen molar-refractivity contribution in [3.05, 3.63) is 23.3 Å². The van der Waals surface area contributed by atoms with E-state index >= 15 is 0 Å². The lowest BCUT2D eigenvalue weighted by molar-refractivity contribution is 0.0763. The molecule has 0 aromatic rings. The van der Waals surface area contributed by atoms with Gasteiger partial charge in [-0.3, -0.25) is 0 Å². The highest BCUT2D eigenvalue weighted by Gasteiger charge is 2.28. The van der Waals surface area contributed by atoms with Crippen molar-refractivity contribution in [2.24, 2.45) is 0 Å². The highest BCUT2D eigenvalue weighted by Crippen LogP contribution is 2.35. The summed E-state index contributed by atoms with van der Waals surface area (Å²) in [6.45, 7) is 6.68. The van der Waals surface area contributed by atoms with Crippen molar-refractivity contribution in [1.29, 1.82) is 0 Å². The van der Waals surface area contributed by atoms with Gasteiger partial charge < -0.3 is 5.11 Å². The molecule has 1 heteroatoms. The lowest BCUT2D eigenvalue weighted by Crippen LogP contribution is -2.29. The molecule has 0 fully saturated rings. The normalized spacial score (nSPS) is 23.2. The summed E-state index contributed by atoms with van der Waals surface area (Å²) in [5.74, 6) is 0. The standard InChI is InChI=1S/C18H32O/c1-4-7-10-16-12-14-18(19,13-9-6-3)15-17(16)11-8-5-2/h12,14,19H,4-11,13,15H2,1-3H3. The van der Waals surface area contributed by atoms with Crippen LogP contribution < -0.4 is 0 Å². The van der Waals surface area contributed by atoms with E-state index in [9.17, 15) is 5.11 Å². The Balaban J connectivity index is 2.71. The Kier molecular flexibility index (Phi) is 7.45. The molecule has 1 aliphatic rings. The molecular formula is C18H32O. The molecule has 1 N–H and O–H groups in total. The number of hydrogen-bond acceptors (Lipinski definition) is 1. The maximum atomic E-state index is 10.7. The van der Waals surface area contributed by atoms with Crippen LogP contribution in [0.3, 0.4) is 0 Å². The van der Waals surface area contributed by atoms with Gasteiger partial charge in [0.1, 0.15) is 0 Å². The maximum Gasteiger partial charge on any atom is 0.0867 e. The van der Waals surface area contributed by atoms with Crippen LogP contribution in [0, 0.1) is 0 Å². The first-order chi connectivity index (χ1) is 9.15. The Labute approximate surface area is 119 Å². The van der Waals surface area contributed by atoms with Crippen molar-refractivity contribution in [2.75, 3.05) is 0 Å². The summed E-state index contributed by atoms with van der Waals surface area (Å²) in [6, 6.07) is 0. The molecule has 0 aromatic heterocycles. The molecule has 0 radical (unpaired) electrons. The van der Waals surface area contributed by atoms with Gasteiger partial charge in [-0.2, -0.15) is 0 Å². The molecule has 0 spiro atoms. The summed E-state index contributed by atoms with van der Waals surface area (Å²) < 4.78 is 0. The number of hydrogen-bond donors (Lipinski definition) is 1. The van der Waals surface area contributed by atoms with E-state index in [2.05, 4.69) is 32.9 Å². The van der Waals surface area contributed by atoms with Gasteiger partial charge in [0.25, 0.3) is 0 Å². The monoisotopic (exact) mass is 264 g/mol. The molecule has 1 nitrogen and oxygen atoms in total. The number of rotatable bonds is 9. The lowest BCUT2D eigenvalue weighted by Gasteiger charge is -2.31. The molecule has 0 saturated heterocycles. The minimum Gasteiger partial charge on any atom is -0.385 e. The van der Waals surface area contributed by atoms with Gasteiger partial charge in [-0.05, 0) is 37.7 Å². The third-order valence-corrected chi connectivity index (χ3v) is 4.16. The van der Waals surface area contributed by atoms with Crippen LogP contribution in [0.4, 0.5) is 0 Å². The summed E-state index contributed by atoms with van der Waals surface area (Å²) >= 11 is 0. The molecule has 0 bridgehead atoms. The highest BCUT2D eigenvalue weighted by molar-refractivity contribution is 5.34. The van der Waals surface area contributed by atoms with Crippen molar-refractivity contribution in [1.82, 2.24) is 0 Å². The van der Waals surface area contributed by atoms with Crippen LogP contribution in [0.25, 0.3) is 0 Å². The molecular weight excluding hydrogens is 232 g/mol. The zero-order valence-corrected chi connectivity index (χ0v) is 13.2. The van der Waals surface area contributed by atoms with E-state index in [0.717, 1.165) is 25.7 Å². The predicted octanol–water partition coefficient (Wildman–Crippen LogP) is 5.54. The van der Waals surface area contributed by atoms with Crippen LogP contribution in [0.5, 0.6) is 0 Å². The van der Waals surface area contributed by atoms with Crippen molar-refractivity contribution in [3.8, 4) is 0 Å². The van der Waals surface area contributed by atoms with Crippen molar-refractivity contribution >= 4 is 0 Å². The Morgan fingerprint density at radius 1 is 1.00 bits per heavy atom. The van der Waals surface area contributed by atoms with E-state index in [1.54, 1.807) is 0 Å². The first-order valence-electron chi connectivity index (χ1n) is 8.27. The fourth-order valence-corrected chi connectivity index (χ4v) is 2.84. The van der Waals surface area contributed by atoms with E-state index in [0.29, 0.717) is 0 Å². The smallest absolute Gasteiger partial charge is 0.0867 e. The Bertz CT molecular complexity index is 314. The van der Waals surface area contributed by atoms with Crippen molar-refractivity contribution in [2.45, 2.75) is 90.6 Å². The van der Waals surface area contributed by atoms with Gasteiger partial charge >= 0.3 is 0 Å². The second-order valence-electron chi connectivity index (χ2n) is 6.05. The second kappa shape index (κ2) is 8.58. The van der Waals surface area contributed by atoms with Gasteiger partial charge in [-0.25, -0.2) is 0 Å². The second-order valence-corrected chi connectivity index (χ2v) is 6.05. The quantitative estimate of drug-likeness (QED) is 0.579. The van der Waals surface area contributed by atoms with Crippen LogP contribution in [0.2, 0.25) is 0 Å². The van der Waals surface area contributed by atoms with Gasteiger partial charge in [-0.15, -0.1) is 0 Å². The van der Waals surface area contributed by atoms with Gasteiger partial charge in [0.15, 0.2) is 0 Å². The number of aliphatic hydroxyl groups is 1. The number of allylic oxidation sites excluding steroid dienone is 2. The molecule has 19 heavy (non-hydrogen) atoms. The van der Waals surface area contributed by atoms with Crippen LogP contribution in [0.1, 0.15) is 85.0 Å². The summed E-state index contributed by atoms with van der Waals surface area (Å²) in [6.07, 6.45) is 15.7. The third kappa shape index (κ3) is 5.52. The molecule has 0 aliphatic heterocycles. The van der Waals surface area contributed by atoms with Crippen LogP contribution >= 0.6 is 0 Å². The van der Waals surface area contributed by atoms with E-state index in [4.69, 9.17) is 0 Å².